The van der Waals surface area contributed by atoms with Gasteiger partial charge >= 0.3 is 12.1 Å². The highest BCUT2D eigenvalue weighted by Gasteiger charge is 2.52. The second-order valence-electron chi connectivity index (χ2n) is 6.38. The molecule has 0 saturated carbocycles. The van der Waals surface area contributed by atoms with Crippen LogP contribution in [0.3, 0.4) is 0 Å². The van der Waals surface area contributed by atoms with Crippen LogP contribution in [0.15, 0.2) is 0 Å². The molecule has 2 fully saturated rings. The zero-order chi connectivity index (χ0) is 14.4. The molecule has 0 radical (unpaired) electrons. The molecule has 108 valence electrons. The molecule has 6 nitrogen and oxygen atoms in total. The Morgan fingerprint density at radius 2 is 1.89 bits per heavy atom. The van der Waals surface area contributed by atoms with E-state index in [2.05, 4.69) is 4.90 Å². The first-order valence-corrected chi connectivity index (χ1v) is 6.65. The minimum Gasteiger partial charge on any atom is -0.480 e. The number of fused-ring (bicyclic) bond motifs is 1. The van der Waals surface area contributed by atoms with Gasteiger partial charge in [-0.1, -0.05) is 0 Å². The molecule has 6 heteroatoms. The third-order valence-corrected chi connectivity index (χ3v) is 3.84. The van der Waals surface area contributed by atoms with Gasteiger partial charge in [-0.25, -0.2) is 9.59 Å². The molecule has 2 aliphatic rings. The van der Waals surface area contributed by atoms with E-state index in [0.717, 1.165) is 13.0 Å². The van der Waals surface area contributed by atoms with Crippen LogP contribution in [-0.2, 0) is 9.53 Å². The quantitative estimate of drug-likeness (QED) is 0.774. The summed E-state index contributed by atoms with van der Waals surface area (Å²) in [7, 11) is 1.97. The summed E-state index contributed by atoms with van der Waals surface area (Å²) in [6.45, 7) is 6.25. The number of carbonyl (C=O) groups is 2. The smallest absolute Gasteiger partial charge is 0.411 e. The largest absolute Gasteiger partial charge is 0.480 e. The minimum absolute atomic E-state index is 0.0408. The van der Waals surface area contributed by atoms with E-state index in [4.69, 9.17) is 4.74 Å². The summed E-state index contributed by atoms with van der Waals surface area (Å²) < 4.78 is 5.35. The maximum atomic E-state index is 12.2. The van der Waals surface area contributed by atoms with Crippen LogP contribution in [0.1, 0.15) is 33.6 Å². The molecule has 2 rings (SSSR count). The van der Waals surface area contributed by atoms with Crippen molar-refractivity contribution in [3.05, 3.63) is 0 Å². The van der Waals surface area contributed by atoms with Gasteiger partial charge in [0, 0.05) is 12.6 Å². The summed E-state index contributed by atoms with van der Waals surface area (Å²) in [6.07, 6.45) is 0.780. The van der Waals surface area contributed by atoms with E-state index in [0.29, 0.717) is 6.42 Å². The van der Waals surface area contributed by atoms with E-state index >= 15 is 0 Å². The first-order chi connectivity index (χ1) is 8.70. The Kier molecular flexibility index (Phi) is 3.47. The van der Waals surface area contributed by atoms with Gasteiger partial charge in [0.25, 0.3) is 0 Å². The fraction of sp³-hybridized carbons (Fsp3) is 0.846. The van der Waals surface area contributed by atoms with Crippen molar-refractivity contribution in [1.82, 2.24) is 9.80 Å². The van der Waals surface area contributed by atoms with Crippen molar-refractivity contribution in [2.24, 2.45) is 0 Å². The highest BCUT2D eigenvalue weighted by Crippen LogP contribution is 2.35. The number of likely N-dealkylation sites (tertiary alicyclic amines) is 2. The molecule has 2 heterocycles. The summed E-state index contributed by atoms with van der Waals surface area (Å²) in [5.74, 6) is -0.950. The molecule has 0 aliphatic carbocycles. The minimum atomic E-state index is -0.950. The van der Waals surface area contributed by atoms with Gasteiger partial charge in [0.05, 0.1) is 6.04 Å². The predicted octanol–water partition coefficient (Wildman–Crippen LogP) is 1.15. The summed E-state index contributed by atoms with van der Waals surface area (Å²) >= 11 is 0. The molecule has 0 spiro atoms. The van der Waals surface area contributed by atoms with Gasteiger partial charge in [-0.15, -0.1) is 0 Å². The molecule has 0 aromatic carbocycles. The zero-order valence-corrected chi connectivity index (χ0v) is 11.9. The third kappa shape index (κ3) is 2.68. The number of carbonyl (C=O) groups excluding carboxylic acids is 1. The molecule has 0 unspecified atom stereocenters. The van der Waals surface area contributed by atoms with E-state index < -0.39 is 23.7 Å². The Morgan fingerprint density at radius 1 is 1.26 bits per heavy atom. The highest BCUT2D eigenvalue weighted by atomic mass is 16.6. The van der Waals surface area contributed by atoms with Gasteiger partial charge < -0.3 is 14.7 Å². The SMILES string of the molecule is CN1CC[C@@H]2[C@H]1C[C@H](C(=O)O)N2C(=O)OC(C)(C)C. The van der Waals surface area contributed by atoms with Crippen LogP contribution in [0.25, 0.3) is 0 Å². The Hall–Kier alpha value is -1.30. The second-order valence-corrected chi connectivity index (χ2v) is 6.38. The Balaban J connectivity index is 2.19. The number of likely N-dealkylation sites (N-methyl/N-ethyl adjacent to an activating group) is 1. The molecule has 1 N–H and O–H groups in total. The summed E-state index contributed by atoms with van der Waals surface area (Å²) in [6, 6.07) is -0.679. The molecule has 0 bridgehead atoms. The Morgan fingerprint density at radius 3 is 2.42 bits per heavy atom. The van der Waals surface area contributed by atoms with E-state index in [1.807, 2.05) is 7.05 Å². The Labute approximate surface area is 113 Å². The van der Waals surface area contributed by atoms with Crippen molar-refractivity contribution in [3.63, 3.8) is 0 Å². The number of rotatable bonds is 1. The van der Waals surface area contributed by atoms with E-state index in [1.165, 1.54) is 4.90 Å². The van der Waals surface area contributed by atoms with Crippen LogP contribution < -0.4 is 0 Å². The number of hydrogen-bond acceptors (Lipinski definition) is 4. The molecular formula is C13H22N2O4. The molecule has 0 aromatic rings. The van der Waals surface area contributed by atoms with Crippen LogP contribution in [0.4, 0.5) is 4.79 Å². The average Bonchev–Trinajstić information content (AvgIpc) is 2.76. The molecule has 3 atom stereocenters. The summed E-state index contributed by atoms with van der Waals surface area (Å²) in [5.41, 5.74) is -0.608. The first-order valence-electron chi connectivity index (χ1n) is 6.65. The van der Waals surface area contributed by atoms with Gasteiger partial charge in [0.1, 0.15) is 11.6 Å². The number of ether oxygens (including phenoxy) is 1. The standard InChI is InChI=1S/C13H22N2O4/c1-13(2,3)19-12(18)15-8-5-6-14(4)9(8)7-10(15)11(16)17/h8-10H,5-7H2,1-4H3,(H,16,17)/t8-,9-,10-/m1/s1. The lowest BCUT2D eigenvalue weighted by Crippen LogP contribution is -2.47. The van der Waals surface area contributed by atoms with Crippen molar-refractivity contribution < 1.29 is 19.4 Å². The molecule has 1 amide bonds. The fourth-order valence-corrected chi connectivity index (χ4v) is 3.02. The first kappa shape index (κ1) is 14.1. The number of hydrogen-bond donors (Lipinski definition) is 1. The lowest BCUT2D eigenvalue weighted by atomic mass is 10.1. The van der Waals surface area contributed by atoms with Crippen LogP contribution in [0.2, 0.25) is 0 Å². The second kappa shape index (κ2) is 4.67. The van der Waals surface area contributed by atoms with Crippen molar-refractivity contribution in [2.45, 2.75) is 57.3 Å². The summed E-state index contributed by atoms with van der Waals surface area (Å²) in [5, 5.41) is 9.30. The monoisotopic (exact) mass is 270 g/mol. The van der Waals surface area contributed by atoms with E-state index in [9.17, 15) is 14.7 Å². The average molecular weight is 270 g/mol. The predicted molar refractivity (Wildman–Crippen MR) is 68.9 cm³/mol. The lowest BCUT2D eigenvalue weighted by Gasteiger charge is -2.30. The molecule has 2 aliphatic heterocycles. The number of amides is 1. The fourth-order valence-electron chi connectivity index (χ4n) is 3.02. The Bertz CT molecular complexity index is 391. The van der Waals surface area contributed by atoms with Crippen LogP contribution in [-0.4, -0.2) is 64.3 Å². The summed E-state index contributed by atoms with van der Waals surface area (Å²) in [4.78, 5) is 27.2. The number of carboxylic acid groups (broad SMARTS) is 1. The number of aliphatic carboxylic acids is 1. The topological polar surface area (TPSA) is 70.1 Å². The van der Waals surface area contributed by atoms with Crippen LogP contribution >= 0.6 is 0 Å². The van der Waals surface area contributed by atoms with Crippen molar-refractivity contribution in [3.8, 4) is 0 Å². The molecule has 0 aromatic heterocycles. The van der Waals surface area contributed by atoms with Gasteiger partial charge in [-0.3, -0.25) is 4.90 Å². The molecule has 19 heavy (non-hydrogen) atoms. The third-order valence-electron chi connectivity index (χ3n) is 3.84. The van der Waals surface area contributed by atoms with Gasteiger partial charge in [0.2, 0.25) is 0 Å². The van der Waals surface area contributed by atoms with Crippen molar-refractivity contribution >= 4 is 12.1 Å². The van der Waals surface area contributed by atoms with Crippen molar-refractivity contribution in [2.75, 3.05) is 13.6 Å². The van der Waals surface area contributed by atoms with Gasteiger partial charge in [-0.05, 0) is 40.7 Å². The van der Waals surface area contributed by atoms with Gasteiger partial charge in [-0.2, -0.15) is 0 Å². The molecular weight excluding hydrogens is 248 g/mol. The van der Waals surface area contributed by atoms with E-state index in [1.54, 1.807) is 20.8 Å². The zero-order valence-electron chi connectivity index (χ0n) is 11.9. The maximum Gasteiger partial charge on any atom is 0.411 e. The number of carboxylic acids is 1. The van der Waals surface area contributed by atoms with Crippen LogP contribution in [0.5, 0.6) is 0 Å². The maximum absolute atomic E-state index is 12.2. The normalized spacial score (nSPS) is 31.4. The van der Waals surface area contributed by atoms with Crippen LogP contribution in [0, 0.1) is 0 Å². The number of nitrogens with zero attached hydrogens (tertiary/aromatic N) is 2. The molecule has 2 saturated heterocycles. The van der Waals surface area contributed by atoms with E-state index in [-0.39, 0.29) is 12.1 Å². The van der Waals surface area contributed by atoms with Gasteiger partial charge in [0.15, 0.2) is 0 Å². The highest BCUT2D eigenvalue weighted by molar-refractivity contribution is 5.81. The lowest BCUT2D eigenvalue weighted by molar-refractivity contribution is -0.142. The van der Waals surface area contributed by atoms with Crippen molar-refractivity contribution in [1.29, 1.82) is 0 Å².